The quantitative estimate of drug-likeness (QED) is 0.653. The molecular weight excluding hydrogens is 382 g/mol. The number of aryl methyl sites for hydroxylation is 1. The van der Waals surface area contributed by atoms with Gasteiger partial charge >= 0.3 is 0 Å². The molecule has 0 aliphatic carbocycles. The lowest BCUT2D eigenvalue weighted by molar-refractivity contribution is -0.128. The molecule has 2 aromatic rings. The monoisotopic (exact) mass is 407 g/mol. The van der Waals surface area contributed by atoms with Gasteiger partial charge in [-0.05, 0) is 45.0 Å². The van der Waals surface area contributed by atoms with Crippen LogP contribution in [0.15, 0.2) is 52.0 Å². The Kier molecular flexibility index (Phi) is 7.36. The fourth-order valence-electron chi connectivity index (χ4n) is 2.50. The van der Waals surface area contributed by atoms with Gasteiger partial charge in [0.1, 0.15) is 11.8 Å². The van der Waals surface area contributed by atoms with E-state index in [1.165, 1.54) is 25.3 Å². The van der Waals surface area contributed by atoms with Crippen LogP contribution in [0.1, 0.15) is 25.2 Å². The SMILES string of the molecule is CCNC(=O)[C@@H](C)NC(=O)CN(Cc1ccco1)S(=O)(=O)c1ccc(C)cc1. The van der Waals surface area contributed by atoms with Gasteiger partial charge in [-0.1, -0.05) is 17.7 Å². The maximum Gasteiger partial charge on any atom is 0.243 e. The second kappa shape index (κ2) is 9.52. The minimum absolute atomic E-state index is 0.0780. The van der Waals surface area contributed by atoms with Crippen LogP contribution in [0.2, 0.25) is 0 Å². The summed E-state index contributed by atoms with van der Waals surface area (Å²) in [5.74, 6) is -0.518. The summed E-state index contributed by atoms with van der Waals surface area (Å²) in [5, 5.41) is 5.12. The molecule has 152 valence electrons. The normalized spacial score (nSPS) is 12.6. The zero-order valence-corrected chi connectivity index (χ0v) is 17.0. The van der Waals surface area contributed by atoms with Crippen molar-refractivity contribution >= 4 is 21.8 Å². The first-order valence-corrected chi connectivity index (χ1v) is 10.3. The average molecular weight is 407 g/mol. The Hall–Kier alpha value is -2.65. The van der Waals surface area contributed by atoms with Gasteiger partial charge in [0.05, 0.1) is 24.2 Å². The Bertz CT molecular complexity index is 892. The van der Waals surface area contributed by atoms with Crippen molar-refractivity contribution in [3.63, 3.8) is 0 Å². The van der Waals surface area contributed by atoms with Crippen molar-refractivity contribution in [2.75, 3.05) is 13.1 Å². The van der Waals surface area contributed by atoms with E-state index in [9.17, 15) is 18.0 Å². The summed E-state index contributed by atoms with van der Waals surface area (Å²) < 4.78 is 32.4. The highest BCUT2D eigenvalue weighted by molar-refractivity contribution is 7.89. The average Bonchev–Trinajstić information content (AvgIpc) is 3.14. The third-order valence-electron chi connectivity index (χ3n) is 4.01. The van der Waals surface area contributed by atoms with Gasteiger partial charge in [0.2, 0.25) is 21.8 Å². The highest BCUT2D eigenvalue weighted by atomic mass is 32.2. The molecule has 0 saturated carbocycles. The molecule has 0 aliphatic heterocycles. The zero-order chi connectivity index (χ0) is 20.7. The number of nitrogens with zero attached hydrogens (tertiary/aromatic N) is 1. The first-order valence-electron chi connectivity index (χ1n) is 8.90. The number of sulfonamides is 1. The van der Waals surface area contributed by atoms with Gasteiger partial charge in [-0.25, -0.2) is 8.42 Å². The lowest BCUT2D eigenvalue weighted by Crippen LogP contribution is -2.48. The van der Waals surface area contributed by atoms with E-state index in [0.29, 0.717) is 12.3 Å². The zero-order valence-electron chi connectivity index (χ0n) is 16.1. The minimum atomic E-state index is -3.94. The van der Waals surface area contributed by atoms with Crippen molar-refractivity contribution in [1.82, 2.24) is 14.9 Å². The maximum atomic E-state index is 13.1. The Balaban J connectivity index is 2.20. The van der Waals surface area contributed by atoms with E-state index in [1.54, 1.807) is 31.2 Å². The molecule has 2 amide bonds. The molecule has 8 nitrogen and oxygen atoms in total. The van der Waals surface area contributed by atoms with E-state index in [1.807, 2.05) is 6.92 Å². The molecule has 1 heterocycles. The smallest absolute Gasteiger partial charge is 0.243 e. The molecule has 2 rings (SSSR count). The minimum Gasteiger partial charge on any atom is -0.468 e. The molecule has 0 saturated heterocycles. The third-order valence-corrected chi connectivity index (χ3v) is 5.82. The highest BCUT2D eigenvalue weighted by Gasteiger charge is 2.28. The van der Waals surface area contributed by atoms with Crippen LogP contribution in [0, 0.1) is 6.92 Å². The van der Waals surface area contributed by atoms with Gasteiger partial charge in [0.25, 0.3) is 0 Å². The number of hydrogen-bond acceptors (Lipinski definition) is 5. The van der Waals surface area contributed by atoms with E-state index in [-0.39, 0.29) is 17.3 Å². The predicted octanol–water partition coefficient (Wildman–Crippen LogP) is 1.42. The summed E-state index contributed by atoms with van der Waals surface area (Å²) in [6, 6.07) is 8.87. The van der Waals surface area contributed by atoms with Crippen molar-refractivity contribution in [3.05, 3.63) is 54.0 Å². The van der Waals surface area contributed by atoms with Gasteiger partial charge in [-0.2, -0.15) is 4.31 Å². The van der Waals surface area contributed by atoms with Gasteiger partial charge in [-0.3, -0.25) is 9.59 Å². The van der Waals surface area contributed by atoms with Crippen LogP contribution in [0.25, 0.3) is 0 Å². The van der Waals surface area contributed by atoms with E-state index in [0.717, 1.165) is 9.87 Å². The van der Waals surface area contributed by atoms with Crippen LogP contribution in [0.3, 0.4) is 0 Å². The maximum absolute atomic E-state index is 13.1. The van der Waals surface area contributed by atoms with Crippen LogP contribution in [0.5, 0.6) is 0 Å². The van der Waals surface area contributed by atoms with Gasteiger partial charge in [-0.15, -0.1) is 0 Å². The molecule has 28 heavy (non-hydrogen) atoms. The number of nitrogens with one attached hydrogen (secondary N) is 2. The number of carbonyl (C=O) groups excluding carboxylic acids is 2. The molecule has 2 N–H and O–H groups in total. The standard InChI is InChI=1S/C19H25N3O5S/c1-4-20-19(24)15(3)21-18(23)13-22(12-16-6-5-11-27-16)28(25,26)17-9-7-14(2)8-10-17/h5-11,15H,4,12-13H2,1-3H3,(H,20,24)(H,21,23)/t15-/m1/s1. The molecule has 0 bridgehead atoms. The Morgan fingerprint density at radius 1 is 1.18 bits per heavy atom. The summed E-state index contributed by atoms with van der Waals surface area (Å²) in [5.41, 5.74) is 0.921. The van der Waals surface area contributed by atoms with Crippen LogP contribution in [-0.2, 0) is 26.2 Å². The molecule has 0 aliphatic rings. The van der Waals surface area contributed by atoms with E-state index >= 15 is 0 Å². The van der Waals surface area contributed by atoms with Crippen molar-refractivity contribution in [3.8, 4) is 0 Å². The molecule has 1 atom stereocenters. The number of hydrogen-bond donors (Lipinski definition) is 2. The van der Waals surface area contributed by atoms with Crippen molar-refractivity contribution < 1.29 is 22.4 Å². The first-order chi connectivity index (χ1) is 13.2. The number of furan rings is 1. The summed E-state index contributed by atoms with van der Waals surface area (Å²) in [6.45, 7) is 5.05. The lowest BCUT2D eigenvalue weighted by Gasteiger charge is -2.22. The second-order valence-corrected chi connectivity index (χ2v) is 8.29. The third kappa shape index (κ3) is 5.67. The Morgan fingerprint density at radius 3 is 2.43 bits per heavy atom. The van der Waals surface area contributed by atoms with Gasteiger partial charge in [0, 0.05) is 6.54 Å². The van der Waals surface area contributed by atoms with E-state index in [4.69, 9.17) is 4.42 Å². The topological polar surface area (TPSA) is 109 Å². The fourth-order valence-corrected chi connectivity index (χ4v) is 3.86. The summed E-state index contributed by atoms with van der Waals surface area (Å²) in [7, 11) is -3.94. The molecule has 0 unspecified atom stereocenters. The van der Waals surface area contributed by atoms with Crippen LogP contribution >= 0.6 is 0 Å². The molecule has 0 radical (unpaired) electrons. The van der Waals surface area contributed by atoms with Crippen LogP contribution in [-0.4, -0.2) is 43.7 Å². The fraction of sp³-hybridized carbons (Fsp3) is 0.368. The number of amides is 2. The molecule has 1 aromatic heterocycles. The van der Waals surface area contributed by atoms with E-state index < -0.39 is 28.5 Å². The van der Waals surface area contributed by atoms with Crippen LogP contribution in [0.4, 0.5) is 0 Å². The first kappa shape index (κ1) is 21.6. The molecule has 9 heteroatoms. The largest absolute Gasteiger partial charge is 0.468 e. The Labute approximate surface area is 165 Å². The lowest BCUT2D eigenvalue weighted by atomic mass is 10.2. The highest BCUT2D eigenvalue weighted by Crippen LogP contribution is 2.19. The molecular formula is C19H25N3O5S. The van der Waals surface area contributed by atoms with Gasteiger partial charge in [0.15, 0.2) is 0 Å². The van der Waals surface area contributed by atoms with Crippen molar-refractivity contribution in [2.24, 2.45) is 0 Å². The van der Waals surface area contributed by atoms with Crippen LogP contribution < -0.4 is 10.6 Å². The summed E-state index contributed by atoms with van der Waals surface area (Å²) in [6.07, 6.45) is 1.43. The van der Waals surface area contributed by atoms with Crippen molar-refractivity contribution in [2.45, 2.75) is 38.3 Å². The van der Waals surface area contributed by atoms with Gasteiger partial charge < -0.3 is 15.1 Å². The Morgan fingerprint density at radius 2 is 1.86 bits per heavy atom. The molecule has 1 aromatic carbocycles. The predicted molar refractivity (Wildman–Crippen MR) is 104 cm³/mol. The number of benzene rings is 1. The summed E-state index contributed by atoms with van der Waals surface area (Å²) in [4.78, 5) is 24.3. The van der Waals surface area contributed by atoms with Crippen molar-refractivity contribution in [1.29, 1.82) is 0 Å². The number of likely N-dealkylation sites (N-methyl/N-ethyl adjacent to an activating group) is 1. The summed E-state index contributed by atoms with van der Waals surface area (Å²) >= 11 is 0. The second-order valence-electron chi connectivity index (χ2n) is 6.35. The number of carbonyl (C=O) groups is 2. The molecule has 0 fully saturated rings. The van der Waals surface area contributed by atoms with E-state index in [2.05, 4.69) is 10.6 Å². The number of rotatable bonds is 9. The molecule has 0 spiro atoms.